The van der Waals surface area contributed by atoms with Gasteiger partial charge in [0.25, 0.3) is 0 Å². The van der Waals surface area contributed by atoms with Gasteiger partial charge in [-0.2, -0.15) is 0 Å². The van der Waals surface area contributed by atoms with E-state index >= 15 is 0 Å². The Balaban J connectivity index is 2.25. The lowest BCUT2D eigenvalue weighted by molar-refractivity contribution is 0.0733. The van der Waals surface area contributed by atoms with Crippen molar-refractivity contribution in [1.29, 1.82) is 0 Å². The first-order valence-corrected chi connectivity index (χ1v) is 8.78. The molecule has 0 amide bonds. The molecule has 0 aromatic heterocycles. The minimum absolute atomic E-state index is 0.344. The lowest BCUT2D eigenvalue weighted by Gasteiger charge is -2.18. The van der Waals surface area contributed by atoms with Crippen LogP contribution in [-0.2, 0) is 5.60 Å². The summed E-state index contributed by atoms with van der Waals surface area (Å²) < 4.78 is 5.52. The number of aliphatic hydroxyl groups is 1. The van der Waals surface area contributed by atoms with Crippen LogP contribution in [0.5, 0.6) is 5.75 Å². The first kappa shape index (κ1) is 19.2. The Morgan fingerprint density at radius 3 is 1.80 bits per heavy atom. The predicted octanol–water partition coefficient (Wildman–Crippen LogP) is 5.38. The molecule has 0 unspecified atom stereocenters. The van der Waals surface area contributed by atoms with Crippen LogP contribution in [0.25, 0.3) is 0 Å². The maximum atomic E-state index is 12.6. The zero-order chi connectivity index (χ0) is 18.8. The zero-order valence-corrected chi connectivity index (χ0v) is 16.0. The van der Waals surface area contributed by atoms with Crippen molar-refractivity contribution < 1.29 is 14.6 Å². The fourth-order valence-electron chi connectivity index (χ4n) is 2.56. The van der Waals surface area contributed by atoms with Crippen molar-refractivity contribution in [3.8, 4) is 5.75 Å². The van der Waals surface area contributed by atoms with Crippen LogP contribution in [0.2, 0.25) is 0 Å². The first-order valence-electron chi connectivity index (χ1n) is 8.78. The van der Waals surface area contributed by atoms with Crippen LogP contribution < -0.4 is 4.74 Å². The number of carbonyl (C=O) groups is 1. The molecular weight excluding hydrogens is 312 g/mol. The number of carbonyl (C=O) groups excluding carboxylic acids is 1. The minimum atomic E-state index is -0.916. The van der Waals surface area contributed by atoms with Crippen LogP contribution in [0.3, 0.4) is 0 Å². The van der Waals surface area contributed by atoms with Crippen LogP contribution in [0, 0.1) is 0 Å². The van der Waals surface area contributed by atoms with Gasteiger partial charge >= 0.3 is 5.97 Å². The molecule has 0 spiro atoms. The van der Waals surface area contributed by atoms with Crippen molar-refractivity contribution in [3.05, 3.63) is 64.7 Å². The summed E-state index contributed by atoms with van der Waals surface area (Å²) in [7, 11) is 0. The zero-order valence-electron chi connectivity index (χ0n) is 16.0. The lowest BCUT2D eigenvalue weighted by Crippen LogP contribution is -2.15. The molecular formula is C22H28O3. The summed E-state index contributed by atoms with van der Waals surface area (Å²) in [5.41, 5.74) is 2.70. The minimum Gasteiger partial charge on any atom is -0.423 e. The van der Waals surface area contributed by atoms with Crippen molar-refractivity contribution in [2.24, 2.45) is 0 Å². The van der Waals surface area contributed by atoms with Crippen LogP contribution in [-0.4, -0.2) is 11.1 Å². The molecule has 2 rings (SSSR count). The van der Waals surface area contributed by atoms with Crippen molar-refractivity contribution in [1.82, 2.24) is 0 Å². The largest absolute Gasteiger partial charge is 0.423 e. The summed E-state index contributed by atoms with van der Waals surface area (Å²) in [6.07, 6.45) is 0. The van der Waals surface area contributed by atoms with Crippen molar-refractivity contribution in [2.75, 3.05) is 0 Å². The highest BCUT2D eigenvalue weighted by Gasteiger charge is 2.17. The average molecular weight is 340 g/mol. The molecule has 2 aromatic carbocycles. The lowest BCUT2D eigenvalue weighted by atomic mass is 9.93. The number of esters is 1. The molecule has 0 saturated heterocycles. The van der Waals surface area contributed by atoms with Gasteiger partial charge < -0.3 is 9.84 Å². The van der Waals surface area contributed by atoms with Gasteiger partial charge in [0, 0.05) is 0 Å². The van der Waals surface area contributed by atoms with Crippen LogP contribution in [0.15, 0.2) is 42.5 Å². The van der Waals surface area contributed by atoms with E-state index in [9.17, 15) is 9.90 Å². The summed E-state index contributed by atoms with van der Waals surface area (Å²) in [6.45, 7) is 11.9. The van der Waals surface area contributed by atoms with E-state index in [2.05, 4.69) is 33.8 Å². The molecule has 0 heterocycles. The van der Waals surface area contributed by atoms with E-state index in [1.165, 1.54) is 0 Å². The molecule has 1 N–H and O–H groups in total. The highest BCUT2D eigenvalue weighted by atomic mass is 16.5. The van der Waals surface area contributed by atoms with Gasteiger partial charge in [-0.15, -0.1) is 0 Å². The Hall–Kier alpha value is -2.13. The number of ether oxygens (including phenoxy) is 1. The topological polar surface area (TPSA) is 46.5 Å². The second-order valence-corrected chi connectivity index (χ2v) is 7.67. The molecule has 0 aliphatic carbocycles. The van der Waals surface area contributed by atoms with Crippen molar-refractivity contribution in [2.45, 2.75) is 59.0 Å². The van der Waals surface area contributed by atoms with Crippen molar-refractivity contribution in [3.63, 3.8) is 0 Å². The number of hydrogen-bond acceptors (Lipinski definition) is 3. The third-order valence-corrected chi connectivity index (χ3v) is 4.32. The van der Waals surface area contributed by atoms with E-state index in [1.807, 2.05) is 12.1 Å². The van der Waals surface area contributed by atoms with E-state index in [1.54, 1.807) is 38.1 Å². The molecule has 0 aliphatic rings. The van der Waals surface area contributed by atoms with Crippen LogP contribution >= 0.6 is 0 Å². The maximum absolute atomic E-state index is 12.6. The summed E-state index contributed by atoms with van der Waals surface area (Å²) in [5.74, 6) is 0.798. The maximum Gasteiger partial charge on any atom is 0.343 e. The van der Waals surface area contributed by atoms with Crippen molar-refractivity contribution >= 4 is 5.97 Å². The summed E-state index contributed by atoms with van der Waals surface area (Å²) in [4.78, 5) is 12.6. The van der Waals surface area contributed by atoms with Gasteiger partial charge in [0.1, 0.15) is 5.75 Å². The normalized spacial score (nSPS) is 11.9. The molecule has 0 radical (unpaired) electrons. The molecule has 134 valence electrons. The van der Waals surface area contributed by atoms with Crippen LogP contribution in [0.1, 0.15) is 80.4 Å². The number of benzene rings is 2. The Labute approximate surface area is 150 Å². The smallest absolute Gasteiger partial charge is 0.343 e. The SMILES string of the molecule is CC(C)c1cc(C(=O)Oc2ccc(C(C)(C)O)cc2)cc(C(C)C)c1. The molecule has 0 aliphatic heterocycles. The molecule has 25 heavy (non-hydrogen) atoms. The second kappa shape index (κ2) is 7.40. The van der Waals surface area contributed by atoms with Gasteiger partial charge in [-0.25, -0.2) is 4.79 Å². The highest BCUT2D eigenvalue weighted by molar-refractivity contribution is 5.91. The average Bonchev–Trinajstić information content (AvgIpc) is 2.53. The molecule has 0 bridgehead atoms. The summed E-state index contributed by atoms with van der Waals surface area (Å²) in [6, 6.07) is 12.9. The monoisotopic (exact) mass is 340 g/mol. The van der Waals surface area contributed by atoms with E-state index in [-0.39, 0.29) is 5.97 Å². The van der Waals surface area contributed by atoms with E-state index in [0.29, 0.717) is 23.1 Å². The van der Waals surface area contributed by atoms with Gasteiger partial charge in [0.15, 0.2) is 0 Å². The quantitative estimate of drug-likeness (QED) is 0.587. The standard InChI is InChI=1S/C22H28O3/c1-14(2)16-11-17(15(3)4)13-18(12-16)21(23)25-20-9-7-19(8-10-20)22(5,6)24/h7-15,24H,1-6H3. The Morgan fingerprint density at radius 1 is 0.920 bits per heavy atom. The first-order chi connectivity index (χ1) is 11.6. The third-order valence-electron chi connectivity index (χ3n) is 4.32. The molecule has 3 nitrogen and oxygen atoms in total. The fraction of sp³-hybridized carbons (Fsp3) is 0.409. The fourth-order valence-corrected chi connectivity index (χ4v) is 2.56. The van der Waals surface area contributed by atoms with E-state index in [4.69, 9.17) is 4.74 Å². The number of rotatable bonds is 5. The summed E-state index contributed by atoms with van der Waals surface area (Å²) in [5, 5.41) is 10.00. The van der Waals surface area contributed by atoms with Crippen LogP contribution in [0.4, 0.5) is 0 Å². The van der Waals surface area contributed by atoms with Gasteiger partial charge in [0.2, 0.25) is 0 Å². The molecule has 2 aromatic rings. The van der Waals surface area contributed by atoms with E-state index < -0.39 is 5.60 Å². The highest BCUT2D eigenvalue weighted by Crippen LogP contribution is 2.26. The molecule has 0 atom stereocenters. The Morgan fingerprint density at radius 2 is 1.40 bits per heavy atom. The molecule has 0 fully saturated rings. The third kappa shape index (κ3) is 4.93. The Bertz CT molecular complexity index is 709. The molecule has 3 heteroatoms. The van der Waals surface area contributed by atoms with E-state index in [0.717, 1.165) is 16.7 Å². The van der Waals surface area contributed by atoms with Gasteiger partial charge in [-0.3, -0.25) is 0 Å². The van der Waals surface area contributed by atoms with Gasteiger partial charge in [-0.1, -0.05) is 45.9 Å². The summed E-state index contributed by atoms with van der Waals surface area (Å²) >= 11 is 0. The second-order valence-electron chi connectivity index (χ2n) is 7.67. The predicted molar refractivity (Wildman–Crippen MR) is 101 cm³/mol. The number of hydrogen-bond donors (Lipinski definition) is 1. The Kier molecular flexibility index (Phi) is 5.69. The van der Waals surface area contributed by atoms with Gasteiger partial charge in [0.05, 0.1) is 11.2 Å². The molecule has 0 saturated carbocycles. The van der Waals surface area contributed by atoms with Gasteiger partial charge in [-0.05, 0) is 66.6 Å².